The van der Waals surface area contributed by atoms with Crippen molar-refractivity contribution in [3.63, 3.8) is 0 Å². The molecule has 1 atom stereocenters. The summed E-state index contributed by atoms with van der Waals surface area (Å²) < 4.78 is 1.75. The Morgan fingerprint density at radius 3 is 2.73 bits per heavy atom. The van der Waals surface area contributed by atoms with Crippen LogP contribution < -0.4 is 5.32 Å². The molecule has 0 saturated carbocycles. The fraction of sp³-hybridized carbons (Fsp3) is 0.727. The minimum absolute atomic E-state index is 0.394. The van der Waals surface area contributed by atoms with Crippen LogP contribution >= 0.6 is 0 Å². The van der Waals surface area contributed by atoms with Gasteiger partial charge in [0, 0.05) is 32.3 Å². The molecule has 0 spiro atoms. The summed E-state index contributed by atoms with van der Waals surface area (Å²) in [6.45, 7) is 6.58. The first-order valence-electron chi connectivity index (χ1n) is 5.32. The van der Waals surface area contributed by atoms with Crippen LogP contribution in [0, 0.1) is 0 Å². The van der Waals surface area contributed by atoms with E-state index in [-0.39, 0.29) is 0 Å². The van der Waals surface area contributed by atoms with E-state index < -0.39 is 5.60 Å². The largest absolute Gasteiger partial charge is 0.389 e. The van der Waals surface area contributed by atoms with Crippen LogP contribution in [-0.4, -0.2) is 33.1 Å². The molecule has 1 unspecified atom stereocenters. The first-order chi connectivity index (χ1) is 6.89. The zero-order valence-electron chi connectivity index (χ0n) is 9.99. The maximum Gasteiger partial charge on any atom is 0.0784 e. The third kappa shape index (κ3) is 4.44. The van der Waals surface area contributed by atoms with Crippen LogP contribution in [0.2, 0.25) is 0 Å². The maximum absolute atomic E-state index is 10.1. The van der Waals surface area contributed by atoms with E-state index in [9.17, 15) is 5.11 Å². The summed E-state index contributed by atoms with van der Waals surface area (Å²) in [6, 6.07) is 0.394. The Balaban J connectivity index is 2.48. The van der Waals surface area contributed by atoms with Gasteiger partial charge in [0.05, 0.1) is 11.8 Å². The Kier molecular flexibility index (Phi) is 3.88. The van der Waals surface area contributed by atoms with Crippen LogP contribution in [-0.2, 0) is 13.5 Å². The molecule has 15 heavy (non-hydrogen) atoms. The molecule has 1 rings (SSSR count). The second-order valence-corrected chi connectivity index (χ2v) is 4.73. The van der Waals surface area contributed by atoms with Gasteiger partial charge in [0.1, 0.15) is 0 Å². The summed E-state index contributed by atoms with van der Waals surface area (Å²) in [4.78, 5) is 0. The summed E-state index contributed by atoms with van der Waals surface area (Å²) in [5, 5.41) is 17.4. The van der Waals surface area contributed by atoms with Gasteiger partial charge in [-0.2, -0.15) is 5.10 Å². The highest BCUT2D eigenvalue weighted by atomic mass is 16.3. The van der Waals surface area contributed by atoms with Crippen molar-refractivity contribution in [2.75, 3.05) is 6.54 Å². The fourth-order valence-electron chi connectivity index (χ4n) is 1.49. The van der Waals surface area contributed by atoms with E-state index in [1.54, 1.807) is 10.9 Å². The highest BCUT2D eigenvalue weighted by Gasteiger charge is 2.21. The van der Waals surface area contributed by atoms with Gasteiger partial charge in [-0.25, -0.2) is 0 Å². The normalized spacial score (nSPS) is 15.6. The number of rotatable bonds is 5. The quantitative estimate of drug-likeness (QED) is 0.754. The lowest BCUT2D eigenvalue weighted by molar-refractivity contribution is 0.0581. The van der Waals surface area contributed by atoms with E-state index >= 15 is 0 Å². The van der Waals surface area contributed by atoms with Gasteiger partial charge in [-0.15, -0.1) is 0 Å². The molecule has 4 nitrogen and oxygen atoms in total. The van der Waals surface area contributed by atoms with E-state index in [0.29, 0.717) is 19.0 Å². The second-order valence-electron chi connectivity index (χ2n) is 4.73. The Morgan fingerprint density at radius 2 is 2.27 bits per heavy atom. The van der Waals surface area contributed by atoms with Gasteiger partial charge in [-0.05, 0) is 12.5 Å². The topological polar surface area (TPSA) is 50.1 Å². The van der Waals surface area contributed by atoms with Crippen molar-refractivity contribution >= 4 is 0 Å². The van der Waals surface area contributed by atoms with Gasteiger partial charge >= 0.3 is 0 Å². The molecule has 0 radical (unpaired) electrons. The van der Waals surface area contributed by atoms with E-state index in [1.807, 2.05) is 20.2 Å². The lowest BCUT2D eigenvalue weighted by Gasteiger charge is -2.24. The van der Waals surface area contributed by atoms with Gasteiger partial charge in [-0.3, -0.25) is 4.68 Å². The van der Waals surface area contributed by atoms with Crippen LogP contribution in [0.25, 0.3) is 0 Å². The molecule has 0 aliphatic rings. The van der Waals surface area contributed by atoms with Gasteiger partial charge in [-0.1, -0.05) is 13.8 Å². The smallest absolute Gasteiger partial charge is 0.0784 e. The van der Waals surface area contributed by atoms with Crippen LogP contribution in [0.3, 0.4) is 0 Å². The van der Waals surface area contributed by atoms with Crippen molar-refractivity contribution in [1.29, 1.82) is 0 Å². The molecular weight excluding hydrogens is 190 g/mol. The SMILES string of the molecule is CC(C)NCC(C)(O)Cc1cnn(C)c1. The Bertz CT molecular complexity index is 305. The molecule has 1 aromatic heterocycles. The third-order valence-electron chi connectivity index (χ3n) is 2.23. The zero-order valence-corrected chi connectivity index (χ0v) is 9.99. The van der Waals surface area contributed by atoms with E-state index in [4.69, 9.17) is 0 Å². The van der Waals surface area contributed by atoms with E-state index in [1.165, 1.54) is 0 Å². The summed E-state index contributed by atoms with van der Waals surface area (Å²) in [7, 11) is 1.88. The highest BCUT2D eigenvalue weighted by Crippen LogP contribution is 2.11. The van der Waals surface area contributed by atoms with Crippen molar-refractivity contribution in [3.05, 3.63) is 18.0 Å². The number of nitrogens with zero attached hydrogens (tertiary/aromatic N) is 2. The van der Waals surface area contributed by atoms with Gasteiger partial charge in [0.15, 0.2) is 0 Å². The van der Waals surface area contributed by atoms with Gasteiger partial charge < -0.3 is 10.4 Å². The van der Waals surface area contributed by atoms with E-state index in [0.717, 1.165) is 5.56 Å². The standard InChI is InChI=1S/C11H21N3O/c1-9(2)12-8-11(3,15)5-10-6-13-14(4)7-10/h6-7,9,12,15H,5,8H2,1-4H3. The molecular formula is C11H21N3O. The molecule has 0 aliphatic heterocycles. The molecule has 0 fully saturated rings. The molecule has 4 heteroatoms. The number of hydrogen-bond donors (Lipinski definition) is 2. The Morgan fingerprint density at radius 1 is 1.60 bits per heavy atom. The lowest BCUT2D eigenvalue weighted by Crippen LogP contribution is -2.42. The molecule has 2 N–H and O–H groups in total. The minimum Gasteiger partial charge on any atom is -0.389 e. The summed E-state index contributed by atoms with van der Waals surface area (Å²) in [5.41, 5.74) is 0.348. The van der Waals surface area contributed by atoms with Crippen molar-refractivity contribution in [2.45, 2.75) is 38.8 Å². The molecule has 0 saturated heterocycles. The Labute approximate surface area is 91.3 Å². The average molecular weight is 211 g/mol. The molecule has 1 aromatic rings. The van der Waals surface area contributed by atoms with Crippen LogP contribution in [0.4, 0.5) is 0 Å². The van der Waals surface area contributed by atoms with E-state index in [2.05, 4.69) is 24.3 Å². The molecule has 0 aliphatic carbocycles. The minimum atomic E-state index is -0.715. The number of aromatic nitrogens is 2. The summed E-state index contributed by atoms with van der Waals surface area (Å²) in [6.07, 6.45) is 4.36. The fourth-order valence-corrected chi connectivity index (χ4v) is 1.49. The van der Waals surface area contributed by atoms with Crippen LogP contribution in [0.5, 0.6) is 0 Å². The molecule has 0 bridgehead atoms. The lowest BCUT2D eigenvalue weighted by atomic mass is 9.98. The molecule has 0 aromatic carbocycles. The summed E-state index contributed by atoms with van der Waals surface area (Å²) >= 11 is 0. The van der Waals surface area contributed by atoms with Crippen LogP contribution in [0.1, 0.15) is 26.3 Å². The molecule has 0 amide bonds. The first kappa shape index (κ1) is 12.2. The Hall–Kier alpha value is -0.870. The van der Waals surface area contributed by atoms with Crippen LogP contribution in [0.15, 0.2) is 12.4 Å². The number of aryl methyl sites for hydroxylation is 1. The number of aliphatic hydroxyl groups is 1. The monoisotopic (exact) mass is 211 g/mol. The van der Waals surface area contributed by atoms with Gasteiger partial charge in [0.2, 0.25) is 0 Å². The average Bonchev–Trinajstić information content (AvgIpc) is 2.47. The van der Waals surface area contributed by atoms with Gasteiger partial charge in [0.25, 0.3) is 0 Å². The predicted octanol–water partition coefficient (Wildman–Crippen LogP) is 0.712. The number of hydrogen-bond acceptors (Lipinski definition) is 3. The number of nitrogens with one attached hydrogen (secondary N) is 1. The van der Waals surface area contributed by atoms with Crippen molar-refractivity contribution in [3.8, 4) is 0 Å². The van der Waals surface area contributed by atoms with Crippen molar-refractivity contribution < 1.29 is 5.11 Å². The first-order valence-corrected chi connectivity index (χ1v) is 5.32. The highest BCUT2D eigenvalue weighted by molar-refractivity contribution is 5.07. The maximum atomic E-state index is 10.1. The summed E-state index contributed by atoms with van der Waals surface area (Å²) in [5.74, 6) is 0. The predicted molar refractivity (Wildman–Crippen MR) is 60.7 cm³/mol. The second kappa shape index (κ2) is 4.77. The molecule has 1 heterocycles. The third-order valence-corrected chi connectivity index (χ3v) is 2.23. The molecule has 86 valence electrons. The van der Waals surface area contributed by atoms with Crippen molar-refractivity contribution in [1.82, 2.24) is 15.1 Å². The van der Waals surface area contributed by atoms with Crippen molar-refractivity contribution in [2.24, 2.45) is 7.05 Å². The zero-order chi connectivity index (χ0) is 11.5.